The van der Waals surface area contributed by atoms with Crippen molar-refractivity contribution in [2.75, 3.05) is 18.0 Å². The maximum absolute atomic E-state index is 12.5. The van der Waals surface area contributed by atoms with Crippen molar-refractivity contribution in [3.8, 4) is 5.82 Å². The molecule has 1 unspecified atom stereocenters. The van der Waals surface area contributed by atoms with Crippen LogP contribution in [0.3, 0.4) is 0 Å². The van der Waals surface area contributed by atoms with Gasteiger partial charge >= 0.3 is 0 Å². The zero-order valence-electron chi connectivity index (χ0n) is 15.8. The third-order valence-corrected chi connectivity index (χ3v) is 5.01. The maximum atomic E-state index is 12.5. The zero-order chi connectivity index (χ0) is 21.1. The van der Waals surface area contributed by atoms with Gasteiger partial charge in [-0.2, -0.15) is 5.10 Å². The highest BCUT2D eigenvalue weighted by Gasteiger charge is 2.34. The lowest BCUT2D eigenvalue weighted by atomic mass is 10.1. The van der Waals surface area contributed by atoms with E-state index in [-0.39, 0.29) is 36.9 Å². The van der Waals surface area contributed by atoms with Gasteiger partial charge in [0.1, 0.15) is 12.7 Å². The molecule has 3 heterocycles. The van der Waals surface area contributed by atoms with Gasteiger partial charge in [-0.15, -0.1) is 5.10 Å². The van der Waals surface area contributed by atoms with Crippen molar-refractivity contribution in [2.45, 2.75) is 13.0 Å². The Balaban J connectivity index is 1.34. The van der Waals surface area contributed by atoms with Crippen molar-refractivity contribution in [1.29, 1.82) is 0 Å². The van der Waals surface area contributed by atoms with Gasteiger partial charge in [-0.3, -0.25) is 14.4 Å². The molecular formula is C19H18ClN7O3. The highest BCUT2D eigenvalue weighted by molar-refractivity contribution is 6.30. The molecule has 1 saturated heterocycles. The third-order valence-electron chi connectivity index (χ3n) is 4.76. The van der Waals surface area contributed by atoms with Gasteiger partial charge in [-0.05, 0) is 30.3 Å². The standard InChI is InChI=1S/C19H18ClN7O3/c20-14-1-3-15(4-2-14)25-10-13(9-18(25)29)19(30)22-7-8-26-17(28)6-5-16(24-26)27-12-21-11-23-27/h1-6,11-13H,7-10H2,(H,22,30). The fraction of sp³-hybridized carbons (Fsp3) is 0.263. The highest BCUT2D eigenvalue weighted by atomic mass is 35.5. The largest absolute Gasteiger partial charge is 0.354 e. The average Bonchev–Trinajstić information content (AvgIpc) is 3.40. The molecule has 3 aromatic rings. The number of nitrogens with one attached hydrogen (secondary N) is 1. The number of halogens is 1. The summed E-state index contributed by atoms with van der Waals surface area (Å²) in [5, 5.41) is 11.6. The number of aromatic nitrogens is 5. The van der Waals surface area contributed by atoms with E-state index in [2.05, 4.69) is 20.5 Å². The normalized spacial score (nSPS) is 16.1. The van der Waals surface area contributed by atoms with Crippen molar-refractivity contribution in [1.82, 2.24) is 29.9 Å². The first kappa shape index (κ1) is 19.8. The van der Waals surface area contributed by atoms with Crippen LogP contribution in [-0.2, 0) is 16.1 Å². The van der Waals surface area contributed by atoms with E-state index in [1.54, 1.807) is 35.2 Å². The molecule has 30 heavy (non-hydrogen) atoms. The van der Waals surface area contributed by atoms with Crippen molar-refractivity contribution in [2.24, 2.45) is 5.92 Å². The van der Waals surface area contributed by atoms with E-state index in [1.807, 2.05) is 0 Å². The number of amides is 2. The number of carbonyl (C=O) groups excluding carboxylic acids is 2. The second-order valence-corrected chi connectivity index (χ2v) is 7.20. The fourth-order valence-electron chi connectivity index (χ4n) is 3.23. The van der Waals surface area contributed by atoms with Crippen molar-refractivity contribution >= 4 is 29.1 Å². The number of carbonyl (C=O) groups is 2. The molecule has 10 nitrogen and oxygen atoms in total. The fourth-order valence-corrected chi connectivity index (χ4v) is 3.36. The summed E-state index contributed by atoms with van der Waals surface area (Å²) in [5.41, 5.74) is 0.415. The molecule has 0 spiro atoms. The molecule has 1 fully saturated rings. The molecule has 2 amide bonds. The van der Waals surface area contributed by atoms with E-state index in [1.165, 1.54) is 28.1 Å². The lowest BCUT2D eigenvalue weighted by Gasteiger charge is -2.16. The SMILES string of the molecule is O=C(NCCn1nc(-n2cncn2)ccc1=O)C1CC(=O)N(c2ccc(Cl)cc2)C1. The summed E-state index contributed by atoms with van der Waals surface area (Å²) in [6, 6.07) is 9.83. The number of hydrogen-bond acceptors (Lipinski definition) is 6. The van der Waals surface area contributed by atoms with Crippen LogP contribution in [0.4, 0.5) is 5.69 Å². The third kappa shape index (κ3) is 4.23. The van der Waals surface area contributed by atoms with Crippen LogP contribution < -0.4 is 15.8 Å². The van der Waals surface area contributed by atoms with E-state index in [0.717, 1.165) is 0 Å². The second kappa shape index (κ2) is 8.46. The summed E-state index contributed by atoms with van der Waals surface area (Å²) >= 11 is 5.89. The van der Waals surface area contributed by atoms with Gasteiger partial charge in [0.15, 0.2) is 5.82 Å². The monoisotopic (exact) mass is 427 g/mol. The maximum Gasteiger partial charge on any atom is 0.266 e. The van der Waals surface area contributed by atoms with Gasteiger partial charge in [-0.1, -0.05) is 11.6 Å². The summed E-state index contributed by atoms with van der Waals surface area (Å²) in [6.07, 6.45) is 2.98. The Morgan fingerprint density at radius 2 is 1.97 bits per heavy atom. The highest BCUT2D eigenvalue weighted by Crippen LogP contribution is 2.26. The topological polar surface area (TPSA) is 115 Å². The Morgan fingerprint density at radius 3 is 2.70 bits per heavy atom. The number of benzene rings is 1. The first-order valence-electron chi connectivity index (χ1n) is 9.28. The van der Waals surface area contributed by atoms with Crippen LogP contribution in [0.15, 0.2) is 53.8 Å². The summed E-state index contributed by atoms with van der Waals surface area (Å²) in [6.45, 7) is 0.694. The first-order chi connectivity index (χ1) is 14.5. The van der Waals surface area contributed by atoms with Crippen LogP contribution >= 0.6 is 11.6 Å². The number of rotatable bonds is 6. The van der Waals surface area contributed by atoms with Crippen LogP contribution in [0.2, 0.25) is 5.02 Å². The van der Waals surface area contributed by atoms with E-state index < -0.39 is 5.92 Å². The molecule has 2 aromatic heterocycles. The van der Waals surface area contributed by atoms with Gasteiger partial charge < -0.3 is 10.2 Å². The molecule has 0 radical (unpaired) electrons. The van der Waals surface area contributed by atoms with Crippen molar-refractivity contribution < 1.29 is 9.59 Å². The van der Waals surface area contributed by atoms with Crippen molar-refractivity contribution in [3.63, 3.8) is 0 Å². The second-order valence-electron chi connectivity index (χ2n) is 6.77. The molecule has 1 aliphatic rings. The molecule has 0 aliphatic carbocycles. The zero-order valence-corrected chi connectivity index (χ0v) is 16.6. The molecular weight excluding hydrogens is 410 g/mol. The van der Waals surface area contributed by atoms with Crippen LogP contribution in [0.5, 0.6) is 0 Å². The molecule has 1 aromatic carbocycles. The minimum atomic E-state index is -0.459. The Hall–Kier alpha value is -3.53. The van der Waals surface area contributed by atoms with Gasteiger partial charge in [0.2, 0.25) is 11.8 Å². The predicted octanol–water partition coefficient (Wildman–Crippen LogP) is 0.647. The van der Waals surface area contributed by atoms with E-state index in [4.69, 9.17) is 11.6 Å². The minimum absolute atomic E-state index is 0.115. The molecule has 4 rings (SSSR count). The Labute approximate surface area is 176 Å². The lowest BCUT2D eigenvalue weighted by Crippen LogP contribution is -2.36. The first-order valence-corrected chi connectivity index (χ1v) is 9.66. The lowest BCUT2D eigenvalue weighted by molar-refractivity contribution is -0.126. The summed E-state index contributed by atoms with van der Waals surface area (Å²) in [7, 11) is 0. The Morgan fingerprint density at radius 1 is 1.17 bits per heavy atom. The van der Waals surface area contributed by atoms with Gasteiger partial charge in [-0.25, -0.2) is 14.3 Å². The Bertz CT molecular complexity index is 1110. The van der Waals surface area contributed by atoms with Crippen molar-refractivity contribution in [3.05, 3.63) is 64.4 Å². The van der Waals surface area contributed by atoms with Crippen LogP contribution in [0.1, 0.15) is 6.42 Å². The van der Waals surface area contributed by atoms with Gasteiger partial charge in [0.25, 0.3) is 5.56 Å². The number of anilines is 1. The molecule has 154 valence electrons. The van der Waals surface area contributed by atoms with Crippen LogP contribution in [0, 0.1) is 5.92 Å². The summed E-state index contributed by atoms with van der Waals surface area (Å²) < 4.78 is 2.68. The van der Waals surface area contributed by atoms with Gasteiger partial charge in [0, 0.05) is 36.3 Å². The minimum Gasteiger partial charge on any atom is -0.354 e. The molecule has 0 saturated carbocycles. The predicted molar refractivity (Wildman–Crippen MR) is 108 cm³/mol. The van der Waals surface area contributed by atoms with Crippen LogP contribution in [0.25, 0.3) is 5.82 Å². The molecule has 1 aliphatic heterocycles. The number of hydrogen-bond donors (Lipinski definition) is 1. The smallest absolute Gasteiger partial charge is 0.266 e. The van der Waals surface area contributed by atoms with E-state index in [0.29, 0.717) is 23.1 Å². The quantitative estimate of drug-likeness (QED) is 0.617. The average molecular weight is 428 g/mol. The van der Waals surface area contributed by atoms with Crippen LogP contribution in [-0.4, -0.2) is 49.4 Å². The molecule has 11 heteroatoms. The summed E-state index contributed by atoms with van der Waals surface area (Å²) in [5.74, 6) is -0.367. The molecule has 1 atom stereocenters. The van der Waals surface area contributed by atoms with E-state index >= 15 is 0 Å². The molecule has 1 N–H and O–H groups in total. The number of nitrogens with zero attached hydrogens (tertiary/aromatic N) is 6. The Kier molecular flexibility index (Phi) is 5.57. The van der Waals surface area contributed by atoms with E-state index in [9.17, 15) is 14.4 Å². The summed E-state index contributed by atoms with van der Waals surface area (Å²) in [4.78, 5) is 42.3. The molecule has 0 bridgehead atoms. The van der Waals surface area contributed by atoms with Gasteiger partial charge in [0.05, 0.1) is 12.5 Å².